The topological polar surface area (TPSA) is 68.1 Å². The molecule has 2 aliphatic heterocycles. The molecule has 1 aromatic heterocycles. The summed E-state index contributed by atoms with van der Waals surface area (Å²) in [6, 6.07) is 7.72. The quantitative estimate of drug-likeness (QED) is 0.697. The molecule has 4 rings (SSSR count). The maximum Gasteiger partial charge on any atom is 0.223 e. The molecule has 1 unspecified atom stereocenters. The number of rotatable bonds is 6. The molecule has 1 aromatic carbocycles. The van der Waals surface area contributed by atoms with Crippen LogP contribution in [-0.4, -0.2) is 37.9 Å². The van der Waals surface area contributed by atoms with Crippen LogP contribution < -0.4 is 0 Å². The first-order valence-electron chi connectivity index (χ1n) is 11.0. The van der Waals surface area contributed by atoms with Crippen LogP contribution in [0.15, 0.2) is 24.3 Å². The van der Waals surface area contributed by atoms with Gasteiger partial charge in [-0.3, -0.25) is 9.59 Å². The Balaban J connectivity index is 1.40. The number of ketones is 1. The van der Waals surface area contributed by atoms with Crippen LogP contribution in [0.4, 0.5) is 0 Å². The zero-order valence-corrected chi connectivity index (χ0v) is 17.3. The standard InChI is InChI=1S/C23H30N4O2/c1-2-17-9-11-18(12-10-17)20(28)13-14-22(29)26-16-6-7-19(26)23-25-24-21-8-4-3-5-15-27(21)23/h9-12,19H,2-8,13-16H2,1H3. The van der Waals surface area contributed by atoms with Crippen LogP contribution >= 0.6 is 0 Å². The van der Waals surface area contributed by atoms with Gasteiger partial charge in [0, 0.05) is 37.9 Å². The minimum absolute atomic E-state index is 0.000731. The molecule has 1 fully saturated rings. The van der Waals surface area contributed by atoms with Crippen LogP contribution in [0.25, 0.3) is 0 Å². The van der Waals surface area contributed by atoms with Crippen molar-refractivity contribution >= 4 is 11.7 Å². The van der Waals surface area contributed by atoms with E-state index in [1.54, 1.807) is 0 Å². The maximum atomic E-state index is 12.9. The van der Waals surface area contributed by atoms with Crippen LogP contribution in [0, 0.1) is 0 Å². The van der Waals surface area contributed by atoms with E-state index in [0.29, 0.717) is 5.56 Å². The van der Waals surface area contributed by atoms with Crippen molar-refractivity contribution in [1.82, 2.24) is 19.7 Å². The van der Waals surface area contributed by atoms with Crippen LogP contribution in [0.2, 0.25) is 0 Å². The fraction of sp³-hybridized carbons (Fsp3) is 0.565. The van der Waals surface area contributed by atoms with Crippen LogP contribution in [0.1, 0.15) is 85.5 Å². The number of likely N-dealkylation sites (tertiary alicyclic amines) is 1. The van der Waals surface area contributed by atoms with Crippen molar-refractivity contribution in [3.63, 3.8) is 0 Å². The third kappa shape index (κ3) is 4.26. The Labute approximate surface area is 172 Å². The highest BCUT2D eigenvalue weighted by molar-refractivity contribution is 5.98. The van der Waals surface area contributed by atoms with E-state index >= 15 is 0 Å². The van der Waals surface area contributed by atoms with E-state index in [2.05, 4.69) is 21.7 Å². The molecule has 2 aromatic rings. The Morgan fingerprint density at radius 2 is 1.83 bits per heavy atom. The van der Waals surface area contributed by atoms with Crippen molar-refractivity contribution in [3.8, 4) is 0 Å². The smallest absolute Gasteiger partial charge is 0.223 e. The van der Waals surface area contributed by atoms with Gasteiger partial charge in [-0.2, -0.15) is 0 Å². The van der Waals surface area contributed by atoms with Crippen molar-refractivity contribution in [2.75, 3.05) is 6.54 Å². The molecular formula is C23H30N4O2. The number of carbonyl (C=O) groups excluding carboxylic acids is 2. The van der Waals surface area contributed by atoms with Gasteiger partial charge in [-0.1, -0.05) is 37.6 Å². The molecule has 3 heterocycles. The molecule has 6 nitrogen and oxygen atoms in total. The molecule has 0 saturated carbocycles. The third-order valence-corrected chi connectivity index (χ3v) is 6.26. The first kappa shape index (κ1) is 19.8. The lowest BCUT2D eigenvalue weighted by Gasteiger charge is -2.24. The second-order valence-corrected chi connectivity index (χ2v) is 8.16. The monoisotopic (exact) mass is 394 g/mol. The minimum atomic E-state index is 0.000731. The molecule has 6 heteroatoms. The average molecular weight is 395 g/mol. The van der Waals surface area contributed by atoms with Crippen LogP contribution in [0.5, 0.6) is 0 Å². The van der Waals surface area contributed by atoms with Crippen LogP contribution in [-0.2, 0) is 24.2 Å². The zero-order valence-electron chi connectivity index (χ0n) is 17.3. The van der Waals surface area contributed by atoms with Crippen molar-refractivity contribution in [3.05, 3.63) is 47.0 Å². The van der Waals surface area contributed by atoms with E-state index in [4.69, 9.17) is 0 Å². The van der Waals surface area contributed by atoms with E-state index in [-0.39, 0.29) is 30.6 Å². The number of aromatic nitrogens is 3. The summed E-state index contributed by atoms with van der Waals surface area (Å²) in [5, 5.41) is 8.87. The minimum Gasteiger partial charge on any atom is -0.332 e. The van der Waals surface area contributed by atoms with Gasteiger partial charge in [0.2, 0.25) is 5.91 Å². The molecule has 0 spiro atoms. The highest BCUT2D eigenvalue weighted by Gasteiger charge is 2.34. The summed E-state index contributed by atoms with van der Waals surface area (Å²) in [5.41, 5.74) is 1.90. The number of aryl methyl sites for hydroxylation is 2. The summed E-state index contributed by atoms with van der Waals surface area (Å²) >= 11 is 0. The Hall–Kier alpha value is -2.50. The summed E-state index contributed by atoms with van der Waals surface area (Å²) in [4.78, 5) is 27.4. The van der Waals surface area contributed by atoms with Gasteiger partial charge < -0.3 is 9.47 Å². The zero-order chi connectivity index (χ0) is 20.2. The SMILES string of the molecule is CCc1ccc(C(=O)CCC(=O)N2CCCC2c2nnc3n2CCCCC3)cc1. The molecule has 1 atom stereocenters. The number of hydrogen-bond donors (Lipinski definition) is 0. The number of benzene rings is 1. The van der Waals surface area contributed by atoms with Crippen molar-refractivity contribution in [2.45, 2.75) is 77.3 Å². The van der Waals surface area contributed by atoms with E-state index in [9.17, 15) is 9.59 Å². The van der Waals surface area contributed by atoms with E-state index in [1.165, 1.54) is 12.0 Å². The first-order valence-corrected chi connectivity index (χ1v) is 11.0. The van der Waals surface area contributed by atoms with E-state index in [0.717, 1.165) is 63.3 Å². The number of amides is 1. The Kier molecular flexibility index (Phi) is 6.07. The van der Waals surface area contributed by atoms with Gasteiger partial charge in [0.25, 0.3) is 0 Å². The summed E-state index contributed by atoms with van der Waals surface area (Å²) in [5.74, 6) is 2.09. The van der Waals surface area contributed by atoms with Gasteiger partial charge in [0.1, 0.15) is 5.82 Å². The summed E-state index contributed by atoms with van der Waals surface area (Å²) in [7, 11) is 0. The number of hydrogen-bond acceptors (Lipinski definition) is 4. The lowest BCUT2D eigenvalue weighted by atomic mass is 10.0. The molecule has 0 N–H and O–H groups in total. The summed E-state index contributed by atoms with van der Waals surface area (Å²) in [6.45, 7) is 3.78. The first-order chi connectivity index (χ1) is 14.2. The van der Waals surface area contributed by atoms with Gasteiger partial charge >= 0.3 is 0 Å². The molecule has 0 aliphatic carbocycles. The summed E-state index contributed by atoms with van der Waals surface area (Å²) < 4.78 is 2.24. The predicted molar refractivity (Wildman–Crippen MR) is 111 cm³/mol. The second kappa shape index (κ2) is 8.89. The third-order valence-electron chi connectivity index (χ3n) is 6.26. The van der Waals surface area contributed by atoms with Crippen molar-refractivity contribution in [2.24, 2.45) is 0 Å². The highest BCUT2D eigenvalue weighted by Crippen LogP contribution is 2.33. The number of nitrogens with zero attached hydrogens (tertiary/aromatic N) is 4. The molecule has 154 valence electrons. The highest BCUT2D eigenvalue weighted by atomic mass is 16.2. The molecule has 0 radical (unpaired) electrons. The van der Waals surface area contributed by atoms with Crippen molar-refractivity contribution in [1.29, 1.82) is 0 Å². The molecule has 2 aliphatic rings. The molecule has 29 heavy (non-hydrogen) atoms. The Morgan fingerprint density at radius 1 is 1.00 bits per heavy atom. The lowest BCUT2D eigenvalue weighted by molar-refractivity contribution is -0.132. The lowest BCUT2D eigenvalue weighted by Crippen LogP contribution is -2.32. The Bertz CT molecular complexity index is 872. The second-order valence-electron chi connectivity index (χ2n) is 8.16. The molecule has 1 saturated heterocycles. The van der Waals surface area contributed by atoms with Gasteiger partial charge in [-0.25, -0.2) is 0 Å². The van der Waals surface area contributed by atoms with E-state index < -0.39 is 0 Å². The fourth-order valence-electron chi connectivity index (χ4n) is 4.52. The van der Waals surface area contributed by atoms with E-state index in [1.807, 2.05) is 29.2 Å². The molecular weight excluding hydrogens is 364 g/mol. The van der Waals surface area contributed by atoms with Crippen LogP contribution in [0.3, 0.4) is 0 Å². The largest absolute Gasteiger partial charge is 0.332 e. The molecule has 0 bridgehead atoms. The van der Waals surface area contributed by atoms with Gasteiger partial charge in [-0.05, 0) is 37.7 Å². The van der Waals surface area contributed by atoms with Gasteiger partial charge in [0.15, 0.2) is 11.6 Å². The maximum absolute atomic E-state index is 12.9. The average Bonchev–Trinajstić information content (AvgIpc) is 3.32. The Morgan fingerprint density at radius 3 is 2.62 bits per heavy atom. The summed E-state index contributed by atoms with van der Waals surface area (Å²) in [6.07, 6.45) is 7.86. The molecule has 1 amide bonds. The van der Waals surface area contributed by atoms with Gasteiger partial charge in [-0.15, -0.1) is 10.2 Å². The van der Waals surface area contributed by atoms with Gasteiger partial charge in [0.05, 0.1) is 6.04 Å². The normalized spacial score (nSPS) is 19.1. The van der Waals surface area contributed by atoms with Crippen molar-refractivity contribution < 1.29 is 9.59 Å². The number of Topliss-reactive ketones (excluding diaryl/α,β-unsaturated/α-hetero) is 1. The fourth-order valence-corrected chi connectivity index (χ4v) is 4.52. The number of carbonyl (C=O) groups is 2. The number of fused-ring (bicyclic) bond motifs is 1. The predicted octanol–water partition coefficient (Wildman–Crippen LogP) is 3.89.